The van der Waals surface area contributed by atoms with Gasteiger partial charge in [-0.1, -0.05) is 25.1 Å². The van der Waals surface area contributed by atoms with Crippen LogP contribution in [0.15, 0.2) is 24.3 Å². The van der Waals surface area contributed by atoms with Gasteiger partial charge in [0, 0.05) is 12.6 Å². The maximum absolute atomic E-state index is 6.34. The molecule has 0 saturated carbocycles. The maximum Gasteiger partial charge on any atom is 0.122 e. The predicted molar refractivity (Wildman–Crippen MR) is 77.6 cm³/mol. The summed E-state index contributed by atoms with van der Waals surface area (Å²) < 4.78 is 11.4. The molecule has 0 aliphatic carbocycles. The molecule has 0 radical (unpaired) electrons. The van der Waals surface area contributed by atoms with Gasteiger partial charge in [0.15, 0.2) is 0 Å². The van der Waals surface area contributed by atoms with E-state index in [2.05, 4.69) is 19.1 Å². The molecule has 3 atom stereocenters. The van der Waals surface area contributed by atoms with Crippen LogP contribution < -0.4 is 10.5 Å². The van der Waals surface area contributed by atoms with Gasteiger partial charge in [-0.2, -0.15) is 0 Å². The van der Waals surface area contributed by atoms with E-state index in [0.717, 1.165) is 38.2 Å². The van der Waals surface area contributed by atoms with Crippen molar-refractivity contribution in [3.8, 4) is 5.75 Å². The molecule has 0 amide bonds. The quantitative estimate of drug-likeness (QED) is 0.857. The van der Waals surface area contributed by atoms with Crippen LogP contribution in [-0.4, -0.2) is 25.4 Å². The number of para-hydroxylation sites is 1. The number of benzene rings is 1. The Kier molecular flexibility index (Phi) is 5.23. The van der Waals surface area contributed by atoms with Crippen LogP contribution in [0.2, 0.25) is 0 Å². The van der Waals surface area contributed by atoms with Crippen LogP contribution in [0.5, 0.6) is 5.75 Å². The summed E-state index contributed by atoms with van der Waals surface area (Å²) >= 11 is 0. The Bertz CT molecular complexity index is 394. The molecule has 19 heavy (non-hydrogen) atoms. The molecule has 0 fully saturated rings. The van der Waals surface area contributed by atoms with Gasteiger partial charge in [0.1, 0.15) is 5.75 Å². The molecule has 0 spiro atoms. The summed E-state index contributed by atoms with van der Waals surface area (Å²) in [4.78, 5) is 0. The second kappa shape index (κ2) is 6.92. The standard InChI is InChI=1S/C16H25NO2/c1-3-15(18-4-2)14(17)11-12-9-10-19-16-8-6-5-7-13(12)16/h5-8,12,14-15H,3-4,9-11,17H2,1-2H3. The minimum absolute atomic E-state index is 0.0982. The Labute approximate surface area is 116 Å². The van der Waals surface area contributed by atoms with E-state index in [0.29, 0.717) is 5.92 Å². The van der Waals surface area contributed by atoms with E-state index in [1.165, 1.54) is 5.56 Å². The van der Waals surface area contributed by atoms with Crippen LogP contribution in [0.25, 0.3) is 0 Å². The summed E-state index contributed by atoms with van der Waals surface area (Å²) in [6.07, 6.45) is 3.16. The van der Waals surface area contributed by atoms with Crippen molar-refractivity contribution in [2.24, 2.45) is 5.73 Å². The van der Waals surface area contributed by atoms with Gasteiger partial charge < -0.3 is 15.2 Å². The van der Waals surface area contributed by atoms with Gasteiger partial charge in [-0.25, -0.2) is 0 Å². The van der Waals surface area contributed by atoms with Gasteiger partial charge in [-0.05, 0) is 43.7 Å². The monoisotopic (exact) mass is 263 g/mol. The fourth-order valence-electron chi connectivity index (χ4n) is 2.90. The Morgan fingerprint density at radius 3 is 2.89 bits per heavy atom. The first-order valence-electron chi connectivity index (χ1n) is 7.35. The summed E-state index contributed by atoms with van der Waals surface area (Å²) in [5.41, 5.74) is 7.64. The van der Waals surface area contributed by atoms with Crippen molar-refractivity contribution in [1.82, 2.24) is 0 Å². The molecule has 1 heterocycles. The highest BCUT2D eigenvalue weighted by molar-refractivity contribution is 5.37. The van der Waals surface area contributed by atoms with Crippen molar-refractivity contribution in [3.05, 3.63) is 29.8 Å². The normalized spacial score (nSPS) is 21.3. The summed E-state index contributed by atoms with van der Waals surface area (Å²) in [5.74, 6) is 1.52. The lowest BCUT2D eigenvalue weighted by Gasteiger charge is -2.30. The molecule has 1 aromatic carbocycles. The largest absolute Gasteiger partial charge is 0.493 e. The zero-order valence-electron chi connectivity index (χ0n) is 12.0. The molecule has 1 aliphatic heterocycles. The Morgan fingerprint density at radius 2 is 2.16 bits per heavy atom. The van der Waals surface area contributed by atoms with Crippen LogP contribution >= 0.6 is 0 Å². The smallest absolute Gasteiger partial charge is 0.122 e. The van der Waals surface area contributed by atoms with Crippen molar-refractivity contribution in [2.45, 2.75) is 51.2 Å². The average molecular weight is 263 g/mol. The lowest BCUT2D eigenvalue weighted by atomic mass is 9.86. The van der Waals surface area contributed by atoms with Crippen molar-refractivity contribution < 1.29 is 9.47 Å². The number of rotatable bonds is 6. The first kappa shape index (κ1) is 14.4. The van der Waals surface area contributed by atoms with E-state index in [9.17, 15) is 0 Å². The van der Waals surface area contributed by atoms with Gasteiger partial charge in [-0.15, -0.1) is 0 Å². The van der Waals surface area contributed by atoms with Crippen molar-refractivity contribution in [2.75, 3.05) is 13.2 Å². The Hall–Kier alpha value is -1.06. The summed E-state index contributed by atoms with van der Waals surface area (Å²) in [7, 11) is 0. The number of nitrogens with two attached hydrogens (primary N) is 1. The van der Waals surface area contributed by atoms with Crippen LogP contribution in [-0.2, 0) is 4.74 Å². The molecule has 3 nitrogen and oxygen atoms in total. The summed E-state index contributed by atoms with van der Waals surface area (Å²) in [5, 5.41) is 0. The molecule has 0 saturated heterocycles. The molecular formula is C16H25NO2. The van der Waals surface area contributed by atoms with Gasteiger partial charge in [-0.3, -0.25) is 0 Å². The van der Waals surface area contributed by atoms with E-state index in [1.54, 1.807) is 0 Å². The molecule has 0 aromatic heterocycles. The second-order valence-corrected chi connectivity index (χ2v) is 5.17. The minimum atomic E-state index is 0.0982. The topological polar surface area (TPSA) is 44.5 Å². The fourth-order valence-corrected chi connectivity index (χ4v) is 2.90. The zero-order chi connectivity index (χ0) is 13.7. The molecule has 3 heteroatoms. The number of hydrogen-bond donors (Lipinski definition) is 1. The summed E-state index contributed by atoms with van der Waals surface area (Å²) in [6.45, 7) is 5.69. The molecule has 0 bridgehead atoms. The first-order chi connectivity index (χ1) is 9.26. The highest BCUT2D eigenvalue weighted by atomic mass is 16.5. The highest BCUT2D eigenvalue weighted by Crippen LogP contribution is 2.36. The number of fused-ring (bicyclic) bond motifs is 1. The predicted octanol–water partition coefficient (Wildman–Crippen LogP) is 3.09. The number of hydrogen-bond acceptors (Lipinski definition) is 3. The van der Waals surface area contributed by atoms with Crippen LogP contribution in [0, 0.1) is 0 Å². The SMILES string of the molecule is CCOC(CC)C(N)CC1CCOc2ccccc21. The van der Waals surface area contributed by atoms with Crippen molar-refractivity contribution >= 4 is 0 Å². The van der Waals surface area contributed by atoms with Crippen LogP contribution in [0.4, 0.5) is 0 Å². The van der Waals surface area contributed by atoms with E-state index < -0.39 is 0 Å². The molecule has 2 N–H and O–H groups in total. The summed E-state index contributed by atoms with van der Waals surface area (Å²) in [6, 6.07) is 8.41. The molecule has 2 rings (SSSR count). The van der Waals surface area contributed by atoms with Gasteiger partial charge >= 0.3 is 0 Å². The fraction of sp³-hybridized carbons (Fsp3) is 0.625. The first-order valence-corrected chi connectivity index (χ1v) is 7.35. The average Bonchev–Trinajstić information content (AvgIpc) is 2.45. The molecular weight excluding hydrogens is 238 g/mol. The minimum Gasteiger partial charge on any atom is -0.493 e. The Balaban J connectivity index is 2.03. The van der Waals surface area contributed by atoms with E-state index >= 15 is 0 Å². The third kappa shape index (κ3) is 3.48. The van der Waals surface area contributed by atoms with Crippen molar-refractivity contribution in [1.29, 1.82) is 0 Å². The zero-order valence-corrected chi connectivity index (χ0v) is 12.0. The van der Waals surface area contributed by atoms with Crippen LogP contribution in [0.3, 0.4) is 0 Å². The van der Waals surface area contributed by atoms with Gasteiger partial charge in [0.25, 0.3) is 0 Å². The lowest BCUT2D eigenvalue weighted by Crippen LogP contribution is -2.38. The second-order valence-electron chi connectivity index (χ2n) is 5.17. The van der Waals surface area contributed by atoms with Crippen LogP contribution in [0.1, 0.15) is 44.6 Å². The van der Waals surface area contributed by atoms with Gasteiger partial charge in [0.2, 0.25) is 0 Å². The van der Waals surface area contributed by atoms with Gasteiger partial charge in [0.05, 0.1) is 12.7 Å². The van der Waals surface area contributed by atoms with E-state index in [-0.39, 0.29) is 12.1 Å². The Morgan fingerprint density at radius 1 is 1.37 bits per heavy atom. The molecule has 3 unspecified atom stereocenters. The molecule has 1 aliphatic rings. The third-order valence-corrected chi connectivity index (χ3v) is 3.90. The lowest BCUT2D eigenvalue weighted by molar-refractivity contribution is 0.0369. The molecule has 106 valence electrons. The third-order valence-electron chi connectivity index (χ3n) is 3.90. The van der Waals surface area contributed by atoms with E-state index in [4.69, 9.17) is 15.2 Å². The van der Waals surface area contributed by atoms with Crippen molar-refractivity contribution in [3.63, 3.8) is 0 Å². The molecule has 1 aromatic rings. The van der Waals surface area contributed by atoms with E-state index in [1.807, 2.05) is 19.1 Å². The maximum atomic E-state index is 6.34. The highest BCUT2D eigenvalue weighted by Gasteiger charge is 2.26. The number of ether oxygens (including phenoxy) is 2.